The molecule has 1 atom stereocenters. The van der Waals surface area contributed by atoms with Gasteiger partial charge in [-0.3, -0.25) is 4.79 Å². The van der Waals surface area contributed by atoms with Crippen LogP contribution in [0.15, 0.2) is 12.2 Å². The van der Waals surface area contributed by atoms with Crippen molar-refractivity contribution in [2.24, 2.45) is 0 Å². The molecule has 0 aliphatic carbocycles. The third-order valence-corrected chi connectivity index (χ3v) is 4.82. The summed E-state index contributed by atoms with van der Waals surface area (Å²) in [4.78, 5) is 11.2. The van der Waals surface area contributed by atoms with Gasteiger partial charge in [-0.2, -0.15) is 0 Å². The number of unbranched alkanes of at least 4 members (excludes halogenated alkanes) is 11. The predicted molar refractivity (Wildman–Crippen MR) is 111 cm³/mol. The quantitative estimate of drug-likeness (QED) is 0.166. The lowest BCUT2D eigenvalue weighted by Crippen LogP contribution is -2.20. The minimum Gasteiger partial charge on any atom is -0.466 e. The van der Waals surface area contributed by atoms with Crippen LogP contribution in [-0.2, 0) is 9.53 Å². The number of rotatable bonds is 18. The van der Waals surface area contributed by atoms with Crippen molar-refractivity contribution in [2.45, 2.75) is 123 Å². The van der Waals surface area contributed by atoms with Gasteiger partial charge in [0, 0.05) is 6.42 Å². The molecule has 0 aliphatic rings. The molecule has 26 heavy (non-hydrogen) atoms. The average Bonchev–Trinajstić information content (AvgIpc) is 2.60. The minimum atomic E-state index is -0.619. The van der Waals surface area contributed by atoms with Gasteiger partial charge in [-0.05, 0) is 39.5 Å². The largest absolute Gasteiger partial charge is 0.466 e. The third-order valence-electron chi connectivity index (χ3n) is 4.82. The first-order chi connectivity index (χ1) is 12.5. The van der Waals surface area contributed by atoms with E-state index in [0.717, 1.165) is 38.5 Å². The molecule has 0 fully saturated rings. The van der Waals surface area contributed by atoms with E-state index >= 15 is 0 Å². The van der Waals surface area contributed by atoms with Crippen molar-refractivity contribution in [1.82, 2.24) is 0 Å². The van der Waals surface area contributed by atoms with Crippen LogP contribution in [0.3, 0.4) is 0 Å². The van der Waals surface area contributed by atoms with E-state index in [2.05, 4.69) is 13.0 Å². The Labute approximate surface area is 162 Å². The van der Waals surface area contributed by atoms with Crippen molar-refractivity contribution in [3.05, 3.63) is 12.2 Å². The SMILES string of the molecule is CCCC[C@](C)(O)/C=C\CCCCCCCCCCCCC(=O)OCC. The maximum Gasteiger partial charge on any atom is 0.305 e. The number of hydrogen-bond donors (Lipinski definition) is 1. The third kappa shape index (κ3) is 18.0. The zero-order valence-corrected chi connectivity index (χ0v) is 17.7. The number of aliphatic hydroxyl groups is 1. The molecule has 154 valence electrons. The number of hydrogen-bond acceptors (Lipinski definition) is 3. The maximum atomic E-state index is 11.2. The highest BCUT2D eigenvalue weighted by atomic mass is 16.5. The monoisotopic (exact) mass is 368 g/mol. The van der Waals surface area contributed by atoms with E-state index in [1.54, 1.807) is 0 Å². The summed E-state index contributed by atoms with van der Waals surface area (Å²) < 4.78 is 4.93. The summed E-state index contributed by atoms with van der Waals surface area (Å²) in [5.74, 6) is -0.0491. The Morgan fingerprint density at radius 3 is 1.96 bits per heavy atom. The molecular weight excluding hydrogens is 324 g/mol. The van der Waals surface area contributed by atoms with Crippen molar-refractivity contribution < 1.29 is 14.6 Å². The van der Waals surface area contributed by atoms with E-state index in [0.29, 0.717) is 13.0 Å². The van der Waals surface area contributed by atoms with E-state index in [1.807, 2.05) is 19.9 Å². The van der Waals surface area contributed by atoms with Gasteiger partial charge in [0.1, 0.15) is 0 Å². The van der Waals surface area contributed by atoms with Gasteiger partial charge in [-0.1, -0.05) is 83.3 Å². The molecule has 0 spiro atoms. The molecule has 0 radical (unpaired) electrons. The van der Waals surface area contributed by atoms with Crippen molar-refractivity contribution in [1.29, 1.82) is 0 Å². The Hall–Kier alpha value is -0.830. The van der Waals surface area contributed by atoms with E-state index in [4.69, 9.17) is 4.74 Å². The van der Waals surface area contributed by atoms with Gasteiger partial charge in [0.05, 0.1) is 12.2 Å². The Morgan fingerprint density at radius 2 is 1.42 bits per heavy atom. The zero-order valence-electron chi connectivity index (χ0n) is 17.7. The molecule has 0 bridgehead atoms. The second-order valence-electron chi connectivity index (χ2n) is 7.74. The molecule has 0 aliphatic heterocycles. The Balaban J connectivity index is 3.30. The van der Waals surface area contributed by atoms with Crippen LogP contribution in [0.1, 0.15) is 117 Å². The number of carbonyl (C=O) groups is 1. The smallest absolute Gasteiger partial charge is 0.305 e. The van der Waals surface area contributed by atoms with Crippen LogP contribution in [0.2, 0.25) is 0 Å². The Morgan fingerprint density at radius 1 is 0.885 bits per heavy atom. The second-order valence-corrected chi connectivity index (χ2v) is 7.74. The first-order valence-corrected chi connectivity index (χ1v) is 11.1. The molecule has 0 saturated heterocycles. The molecule has 0 rings (SSSR count). The molecule has 0 aromatic carbocycles. The Kier molecular flexibility index (Phi) is 17.0. The number of carbonyl (C=O) groups excluding carboxylic acids is 1. The van der Waals surface area contributed by atoms with Crippen LogP contribution >= 0.6 is 0 Å². The van der Waals surface area contributed by atoms with Crippen LogP contribution in [0.25, 0.3) is 0 Å². The molecule has 0 saturated carbocycles. The van der Waals surface area contributed by atoms with E-state index in [9.17, 15) is 9.90 Å². The van der Waals surface area contributed by atoms with Gasteiger partial charge in [0.15, 0.2) is 0 Å². The maximum absolute atomic E-state index is 11.2. The summed E-state index contributed by atoms with van der Waals surface area (Å²) in [5.41, 5.74) is -0.619. The van der Waals surface area contributed by atoms with Crippen LogP contribution in [0.5, 0.6) is 0 Å². The fraction of sp³-hybridized carbons (Fsp3) is 0.870. The zero-order chi connectivity index (χ0) is 19.5. The van der Waals surface area contributed by atoms with Gasteiger partial charge in [-0.15, -0.1) is 0 Å². The molecule has 0 aromatic rings. The fourth-order valence-corrected chi connectivity index (χ4v) is 3.13. The molecular formula is C23H44O3. The topological polar surface area (TPSA) is 46.5 Å². The lowest BCUT2D eigenvalue weighted by Gasteiger charge is -2.18. The fourth-order valence-electron chi connectivity index (χ4n) is 3.13. The summed E-state index contributed by atoms with van der Waals surface area (Å²) in [6.45, 7) is 6.42. The lowest BCUT2D eigenvalue weighted by molar-refractivity contribution is -0.143. The highest BCUT2D eigenvalue weighted by molar-refractivity contribution is 5.69. The van der Waals surface area contributed by atoms with Gasteiger partial charge in [0.2, 0.25) is 0 Å². The van der Waals surface area contributed by atoms with Gasteiger partial charge < -0.3 is 9.84 Å². The highest BCUT2D eigenvalue weighted by Crippen LogP contribution is 2.16. The van der Waals surface area contributed by atoms with Crippen molar-refractivity contribution >= 4 is 5.97 Å². The average molecular weight is 369 g/mol. The van der Waals surface area contributed by atoms with E-state index in [1.165, 1.54) is 51.4 Å². The number of ether oxygens (including phenoxy) is 1. The predicted octanol–water partition coefficient (Wildman–Crippen LogP) is 6.73. The number of esters is 1. The minimum absolute atomic E-state index is 0.0491. The molecule has 1 N–H and O–H groups in total. The first-order valence-electron chi connectivity index (χ1n) is 11.1. The normalized spacial score (nSPS) is 13.8. The summed E-state index contributed by atoms with van der Waals surface area (Å²) in [7, 11) is 0. The van der Waals surface area contributed by atoms with Crippen molar-refractivity contribution in [2.75, 3.05) is 6.61 Å². The molecule has 0 unspecified atom stereocenters. The first kappa shape index (κ1) is 25.2. The summed E-state index contributed by atoms with van der Waals surface area (Å²) in [5, 5.41) is 10.2. The van der Waals surface area contributed by atoms with Gasteiger partial charge >= 0.3 is 5.97 Å². The standard InChI is InChI=1S/C23H44O3/c1-4-6-20-23(3,25)21-18-16-14-12-10-8-7-9-11-13-15-17-19-22(24)26-5-2/h18,21,25H,4-17,19-20H2,1-3H3/b21-18-/t23-/m0/s1. The molecule has 0 amide bonds. The Bertz CT molecular complexity index is 347. The lowest BCUT2D eigenvalue weighted by atomic mass is 9.98. The van der Waals surface area contributed by atoms with E-state index in [-0.39, 0.29) is 5.97 Å². The van der Waals surface area contributed by atoms with Crippen molar-refractivity contribution in [3.8, 4) is 0 Å². The highest BCUT2D eigenvalue weighted by Gasteiger charge is 2.14. The molecule has 0 aromatic heterocycles. The van der Waals surface area contributed by atoms with Crippen LogP contribution in [-0.4, -0.2) is 23.3 Å². The van der Waals surface area contributed by atoms with Gasteiger partial charge in [0.25, 0.3) is 0 Å². The van der Waals surface area contributed by atoms with Gasteiger partial charge in [-0.25, -0.2) is 0 Å². The molecule has 0 heterocycles. The van der Waals surface area contributed by atoms with Crippen LogP contribution in [0, 0.1) is 0 Å². The number of allylic oxidation sites excluding steroid dienone is 1. The summed E-state index contributed by atoms with van der Waals surface area (Å²) in [6.07, 6.45) is 21.4. The summed E-state index contributed by atoms with van der Waals surface area (Å²) >= 11 is 0. The molecule has 3 nitrogen and oxygen atoms in total. The van der Waals surface area contributed by atoms with Crippen LogP contribution in [0.4, 0.5) is 0 Å². The molecule has 3 heteroatoms. The van der Waals surface area contributed by atoms with Crippen molar-refractivity contribution in [3.63, 3.8) is 0 Å². The second kappa shape index (κ2) is 17.6. The van der Waals surface area contributed by atoms with E-state index < -0.39 is 5.60 Å². The van der Waals surface area contributed by atoms with Crippen LogP contribution < -0.4 is 0 Å². The summed E-state index contributed by atoms with van der Waals surface area (Å²) in [6, 6.07) is 0.